The maximum absolute atomic E-state index is 5.39. The Hall–Kier alpha value is -0.870. The van der Waals surface area contributed by atoms with E-state index in [0.717, 1.165) is 37.0 Å². The van der Waals surface area contributed by atoms with E-state index in [0.29, 0.717) is 0 Å². The van der Waals surface area contributed by atoms with Gasteiger partial charge in [-0.05, 0) is 38.4 Å². The predicted octanol–water partition coefficient (Wildman–Crippen LogP) is 2.41. The summed E-state index contributed by atoms with van der Waals surface area (Å²) in [6.07, 6.45) is 3.98. The van der Waals surface area contributed by atoms with Crippen LogP contribution in [0.15, 0.2) is 10.6 Å². The van der Waals surface area contributed by atoms with E-state index in [-0.39, 0.29) is 0 Å². The molecule has 4 heteroatoms. The molecule has 4 nitrogen and oxygen atoms in total. The summed E-state index contributed by atoms with van der Waals surface area (Å²) in [4.78, 5) is 2.48. The first-order valence-electron chi connectivity index (χ1n) is 7.19. The van der Waals surface area contributed by atoms with Crippen molar-refractivity contribution in [1.82, 2.24) is 15.4 Å². The van der Waals surface area contributed by atoms with Gasteiger partial charge in [0.25, 0.3) is 0 Å². The number of aromatic nitrogens is 1. The SMILES string of the molecule is CCNCc1cc(CN2CCC(CC)CC2)on1. The van der Waals surface area contributed by atoms with Crippen LogP contribution < -0.4 is 5.32 Å². The van der Waals surface area contributed by atoms with Gasteiger partial charge in [-0.2, -0.15) is 0 Å². The Morgan fingerprint density at radius 2 is 2.17 bits per heavy atom. The zero-order valence-corrected chi connectivity index (χ0v) is 11.6. The molecule has 1 aliphatic heterocycles. The molecule has 1 aromatic rings. The van der Waals surface area contributed by atoms with Crippen LogP contribution in [0.5, 0.6) is 0 Å². The Morgan fingerprint density at radius 1 is 1.39 bits per heavy atom. The molecule has 102 valence electrons. The largest absolute Gasteiger partial charge is 0.360 e. The molecule has 1 N–H and O–H groups in total. The third-order valence-corrected chi connectivity index (χ3v) is 3.83. The second-order valence-corrected chi connectivity index (χ2v) is 5.19. The van der Waals surface area contributed by atoms with E-state index in [4.69, 9.17) is 4.52 Å². The standard InChI is InChI=1S/C14H25N3O/c1-3-12-5-7-17(8-6-12)11-14-9-13(16-18-14)10-15-4-2/h9,12,15H,3-8,10-11H2,1-2H3. The lowest BCUT2D eigenvalue weighted by atomic mass is 9.94. The highest BCUT2D eigenvalue weighted by Crippen LogP contribution is 2.21. The fourth-order valence-electron chi connectivity index (χ4n) is 2.54. The Balaban J connectivity index is 1.77. The lowest BCUT2D eigenvalue weighted by Gasteiger charge is -2.30. The molecule has 18 heavy (non-hydrogen) atoms. The van der Waals surface area contributed by atoms with Gasteiger partial charge in [-0.25, -0.2) is 0 Å². The molecule has 0 spiro atoms. The van der Waals surface area contributed by atoms with Crippen molar-refractivity contribution in [2.24, 2.45) is 5.92 Å². The van der Waals surface area contributed by atoms with Crippen LogP contribution in [0.1, 0.15) is 44.6 Å². The summed E-state index contributed by atoms with van der Waals surface area (Å²) in [5.41, 5.74) is 1.01. The van der Waals surface area contributed by atoms with E-state index < -0.39 is 0 Å². The third kappa shape index (κ3) is 3.82. The molecule has 1 saturated heterocycles. The maximum atomic E-state index is 5.39. The van der Waals surface area contributed by atoms with Gasteiger partial charge in [0.15, 0.2) is 5.76 Å². The van der Waals surface area contributed by atoms with Gasteiger partial charge in [0.2, 0.25) is 0 Å². The van der Waals surface area contributed by atoms with Crippen LogP contribution in [0, 0.1) is 5.92 Å². The van der Waals surface area contributed by atoms with Gasteiger partial charge in [0.05, 0.1) is 12.2 Å². The lowest BCUT2D eigenvalue weighted by molar-refractivity contribution is 0.159. The van der Waals surface area contributed by atoms with E-state index in [1.165, 1.54) is 32.4 Å². The van der Waals surface area contributed by atoms with Crippen LogP contribution in [-0.2, 0) is 13.1 Å². The first-order chi connectivity index (χ1) is 8.81. The van der Waals surface area contributed by atoms with Crippen LogP contribution in [0.25, 0.3) is 0 Å². The fourth-order valence-corrected chi connectivity index (χ4v) is 2.54. The molecule has 1 fully saturated rings. The molecular weight excluding hydrogens is 226 g/mol. The quantitative estimate of drug-likeness (QED) is 0.843. The number of rotatable bonds is 6. The van der Waals surface area contributed by atoms with Crippen molar-refractivity contribution in [2.45, 2.75) is 46.2 Å². The Labute approximate surface area is 110 Å². The first-order valence-corrected chi connectivity index (χ1v) is 7.19. The summed E-state index contributed by atoms with van der Waals surface area (Å²) < 4.78 is 5.39. The van der Waals surface area contributed by atoms with Gasteiger partial charge in [0, 0.05) is 12.6 Å². The molecule has 0 bridgehead atoms. The van der Waals surface area contributed by atoms with Crippen molar-refractivity contribution in [2.75, 3.05) is 19.6 Å². The van der Waals surface area contributed by atoms with Gasteiger partial charge in [-0.15, -0.1) is 0 Å². The van der Waals surface area contributed by atoms with Gasteiger partial charge in [0.1, 0.15) is 0 Å². The molecule has 2 heterocycles. The average Bonchev–Trinajstić information content (AvgIpc) is 2.85. The van der Waals surface area contributed by atoms with Crippen molar-refractivity contribution in [3.8, 4) is 0 Å². The summed E-state index contributed by atoms with van der Waals surface area (Å²) in [5, 5.41) is 7.34. The summed E-state index contributed by atoms with van der Waals surface area (Å²) >= 11 is 0. The van der Waals surface area contributed by atoms with E-state index in [9.17, 15) is 0 Å². The summed E-state index contributed by atoms with van der Waals surface area (Å²) in [6.45, 7) is 9.46. The number of piperidine rings is 1. The molecule has 0 amide bonds. The van der Waals surface area contributed by atoms with Crippen LogP contribution in [0.3, 0.4) is 0 Å². The first kappa shape index (κ1) is 13.6. The number of nitrogens with one attached hydrogen (secondary N) is 1. The number of likely N-dealkylation sites (tertiary alicyclic amines) is 1. The summed E-state index contributed by atoms with van der Waals surface area (Å²) in [6, 6.07) is 2.08. The molecule has 0 aromatic carbocycles. The topological polar surface area (TPSA) is 41.3 Å². The highest BCUT2D eigenvalue weighted by atomic mass is 16.5. The van der Waals surface area contributed by atoms with Crippen LogP contribution >= 0.6 is 0 Å². The van der Waals surface area contributed by atoms with Crippen molar-refractivity contribution in [3.05, 3.63) is 17.5 Å². The highest BCUT2D eigenvalue weighted by Gasteiger charge is 2.18. The maximum Gasteiger partial charge on any atom is 0.151 e. The van der Waals surface area contributed by atoms with Gasteiger partial charge in [-0.1, -0.05) is 25.4 Å². The minimum Gasteiger partial charge on any atom is -0.360 e. The number of hydrogen-bond donors (Lipinski definition) is 1. The summed E-state index contributed by atoms with van der Waals surface area (Å²) in [7, 11) is 0. The van der Waals surface area contributed by atoms with Crippen LogP contribution in [0.4, 0.5) is 0 Å². The molecule has 0 atom stereocenters. The molecule has 0 unspecified atom stereocenters. The van der Waals surface area contributed by atoms with Gasteiger partial charge >= 0.3 is 0 Å². The van der Waals surface area contributed by atoms with Crippen molar-refractivity contribution < 1.29 is 4.52 Å². The van der Waals surface area contributed by atoms with Gasteiger partial charge < -0.3 is 9.84 Å². The molecule has 1 aliphatic rings. The van der Waals surface area contributed by atoms with Crippen LogP contribution in [0.2, 0.25) is 0 Å². The zero-order chi connectivity index (χ0) is 12.8. The number of hydrogen-bond acceptors (Lipinski definition) is 4. The lowest BCUT2D eigenvalue weighted by Crippen LogP contribution is -2.32. The minimum absolute atomic E-state index is 0.803. The number of nitrogens with zero attached hydrogens (tertiary/aromatic N) is 2. The molecule has 0 radical (unpaired) electrons. The van der Waals surface area contributed by atoms with E-state index in [2.05, 4.69) is 35.3 Å². The molecule has 0 saturated carbocycles. The summed E-state index contributed by atoms with van der Waals surface area (Å²) in [5.74, 6) is 1.93. The van der Waals surface area contributed by atoms with Gasteiger partial charge in [-0.3, -0.25) is 4.90 Å². The molecule has 1 aromatic heterocycles. The van der Waals surface area contributed by atoms with Crippen molar-refractivity contribution >= 4 is 0 Å². The predicted molar refractivity (Wildman–Crippen MR) is 72.2 cm³/mol. The van der Waals surface area contributed by atoms with Crippen molar-refractivity contribution in [3.63, 3.8) is 0 Å². The normalized spacial score (nSPS) is 18.3. The Morgan fingerprint density at radius 3 is 2.83 bits per heavy atom. The monoisotopic (exact) mass is 251 g/mol. The van der Waals surface area contributed by atoms with E-state index >= 15 is 0 Å². The molecule has 2 rings (SSSR count). The fraction of sp³-hybridized carbons (Fsp3) is 0.786. The highest BCUT2D eigenvalue weighted by molar-refractivity contribution is 5.05. The Bertz CT molecular complexity index is 343. The average molecular weight is 251 g/mol. The second kappa shape index (κ2) is 6.90. The smallest absolute Gasteiger partial charge is 0.151 e. The van der Waals surface area contributed by atoms with E-state index in [1.54, 1.807) is 0 Å². The zero-order valence-electron chi connectivity index (χ0n) is 11.6. The minimum atomic E-state index is 0.803. The molecule has 0 aliphatic carbocycles. The van der Waals surface area contributed by atoms with Crippen molar-refractivity contribution in [1.29, 1.82) is 0 Å². The van der Waals surface area contributed by atoms with E-state index in [1.807, 2.05) is 0 Å². The molecular formula is C14H25N3O. The van der Waals surface area contributed by atoms with Crippen LogP contribution in [-0.4, -0.2) is 29.7 Å². The Kier molecular flexibility index (Phi) is 5.20. The second-order valence-electron chi connectivity index (χ2n) is 5.19. The third-order valence-electron chi connectivity index (χ3n) is 3.83.